The van der Waals surface area contributed by atoms with Crippen LogP contribution in [0.2, 0.25) is 0 Å². The first-order chi connectivity index (χ1) is 21.9. The van der Waals surface area contributed by atoms with Crippen LogP contribution >= 0.6 is 0 Å². The van der Waals surface area contributed by atoms with Crippen molar-refractivity contribution in [3.05, 3.63) is 119 Å². The van der Waals surface area contributed by atoms with Gasteiger partial charge in [-0.1, -0.05) is 35.9 Å². The maximum atomic E-state index is 13.5. The van der Waals surface area contributed by atoms with Crippen LogP contribution in [0.3, 0.4) is 0 Å². The van der Waals surface area contributed by atoms with Crippen LogP contribution in [0.4, 0.5) is 4.79 Å². The number of amides is 2. The Morgan fingerprint density at radius 3 is 2.58 bits per heavy atom. The summed E-state index contributed by atoms with van der Waals surface area (Å²) < 4.78 is 11.7. The molecule has 3 aromatic carbocycles. The predicted molar refractivity (Wildman–Crippen MR) is 169 cm³/mol. The minimum absolute atomic E-state index is 0.0819. The lowest BCUT2D eigenvalue weighted by atomic mass is 9.92. The van der Waals surface area contributed by atoms with E-state index >= 15 is 0 Å². The number of hydrogen-bond acceptors (Lipinski definition) is 7. The Morgan fingerprint density at radius 1 is 1.04 bits per heavy atom. The molecule has 1 unspecified atom stereocenters. The van der Waals surface area contributed by atoms with E-state index in [1.807, 2.05) is 49.4 Å². The molecule has 0 fully saturated rings. The average molecular weight is 607 g/mol. The van der Waals surface area contributed by atoms with Gasteiger partial charge < -0.3 is 30.0 Å². The zero-order valence-corrected chi connectivity index (χ0v) is 24.8. The lowest BCUT2D eigenvalue weighted by molar-refractivity contribution is 0.0890. The van der Waals surface area contributed by atoms with Gasteiger partial charge in [0.05, 0.1) is 12.7 Å². The number of fused-ring (bicyclic) bond motifs is 3. The van der Waals surface area contributed by atoms with Crippen molar-refractivity contribution in [1.29, 1.82) is 0 Å². The minimum Gasteiger partial charge on any atom is -0.508 e. The minimum atomic E-state index is -0.785. The summed E-state index contributed by atoms with van der Waals surface area (Å²) in [5.41, 5.74) is 5.02. The Bertz CT molecular complexity index is 1790. The lowest BCUT2D eigenvalue weighted by Gasteiger charge is -2.35. The number of aryl methyl sites for hydroxylation is 1. The van der Waals surface area contributed by atoms with Gasteiger partial charge >= 0.3 is 6.09 Å². The number of nitrogens with one attached hydrogen (secondary N) is 2. The Balaban J connectivity index is 1.15. The van der Waals surface area contributed by atoms with Crippen LogP contribution in [0.1, 0.15) is 45.3 Å². The van der Waals surface area contributed by atoms with Gasteiger partial charge in [-0.05, 0) is 79.1 Å². The zero-order chi connectivity index (χ0) is 31.3. The normalized spacial score (nSPS) is 14.9. The monoisotopic (exact) mass is 606 g/mol. The quantitative estimate of drug-likeness (QED) is 0.179. The molecule has 1 aliphatic heterocycles. The molecule has 2 atom stereocenters. The molecule has 0 saturated heterocycles. The number of hydrogen-bond donors (Lipinski definition) is 4. The number of pyridine rings is 1. The molecule has 230 valence electrons. The molecule has 1 aliphatic rings. The van der Waals surface area contributed by atoms with E-state index in [1.54, 1.807) is 47.4 Å². The third kappa shape index (κ3) is 6.76. The van der Waals surface area contributed by atoms with E-state index in [9.17, 15) is 19.8 Å². The number of aliphatic hydroxyl groups excluding tert-OH is 1. The van der Waals surface area contributed by atoms with E-state index in [4.69, 9.17) is 9.47 Å². The van der Waals surface area contributed by atoms with Crippen LogP contribution < -0.4 is 14.8 Å². The van der Waals surface area contributed by atoms with E-state index in [1.165, 1.54) is 6.20 Å². The number of aliphatic hydroxyl groups is 1. The van der Waals surface area contributed by atoms with Crippen LogP contribution in [0.5, 0.6) is 17.2 Å². The number of aromatic hydroxyl groups is 1. The molecule has 10 heteroatoms. The summed E-state index contributed by atoms with van der Waals surface area (Å²) in [7, 11) is 0. The second kappa shape index (κ2) is 13.1. The summed E-state index contributed by atoms with van der Waals surface area (Å²) in [6, 6.07) is 24.7. The van der Waals surface area contributed by atoms with Gasteiger partial charge in [-0.25, -0.2) is 4.79 Å². The number of aromatic amines is 1. The molecule has 0 bridgehead atoms. The second-order valence-corrected chi connectivity index (χ2v) is 11.1. The van der Waals surface area contributed by atoms with Gasteiger partial charge in [-0.15, -0.1) is 0 Å². The lowest BCUT2D eigenvalue weighted by Crippen LogP contribution is -2.42. The number of phenols is 1. The second-order valence-electron chi connectivity index (χ2n) is 11.1. The molecule has 45 heavy (non-hydrogen) atoms. The van der Waals surface area contributed by atoms with E-state index in [2.05, 4.69) is 15.3 Å². The fourth-order valence-corrected chi connectivity index (χ4v) is 5.54. The molecular weight excluding hydrogens is 572 g/mol. The Labute approximate surface area is 260 Å². The number of H-pyrrole nitrogens is 1. The molecule has 5 aromatic rings. The van der Waals surface area contributed by atoms with Gasteiger partial charge in [0.25, 0.3) is 5.91 Å². The Hall–Kier alpha value is -5.35. The van der Waals surface area contributed by atoms with Crippen molar-refractivity contribution in [3.63, 3.8) is 0 Å². The molecule has 2 aromatic heterocycles. The number of carbonyl (C=O) groups excluding carboxylic acids is 2. The standard InChI is InChI=1S/C35H34N4O6/c1-22-5-10-27(11-6-22)45-35(43)39-18-15-28-29-20-24(40)9-14-30(29)38-32(28)33(39)23-7-12-26(13-8-23)44-19-16-25(41)21-37-34(42)31-4-2-3-17-36-31/h2-14,17,20,25,33,38,40-41H,15-16,18-19,21H2,1H3,(H,37,42)/t25?,33-/m0/s1. The van der Waals surface area contributed by atoms with Crippen LogP contribution in [-0.4, -0.2) is 62.9 Å². The Kier molecular flexibility index (Phi) is 8.65. The third-order valence-corrected chi connectivity index (χ3v) is 7.88. The molecular formula is C35H34N4O6. The number of ether oxygens (including phenoxy) is 2. The highest BCUT2D eigenvalue weighted by molar-refractivity contribution is 5.92. The van der Waals surface area contributed by atoms with Crippen molar-refractivity contribution in [3.8, 4) is 17.2 Å². The van der Waals surface area contributed by atoms with Crippen molar-refractivity contribution in [2.75, 3.05) is 19.7 Å². The number of aromatic nitrogens is 2. The van der Waals surface area contributed by atoms with E-state index in [-0.39, 0.29) is 24.8 Å². The first-order valence-corrected chi connectivity index (χ1v) is 14.8. The van der Waals surface area contributed by atoms with Crippen LogP contribution in [0, 0.1) is 6.92 Å². The van der Waals surface area contributed by atoms with E-state index in [0.29, 0.717) is 36.6 Å². The van der Waals surface area contributed by atoms with E-state index < -0.39 is 18.2 Å². The zero-order valence-electron chi connectivity index (χ0n) is 24.8. The molecule has 0 spiro atoms. The third-order valence-electron chi connectivity index (χ3n) is 7.88. The first-order valence-electron chi connectivity index (χ1n) is 14.8. The first kappa shape index (κ1) is 29.7. The maximum Gasteiger partial charge on any atom is 0.416 e. The summed E-state index contributed by atoms with van der Waals surface area (Å²) in [5, 5.41) is 24.1. The van der Waals surface area contributed by atoms with Gasteiger partial charge in [0, 0.05) is 42.3 Å². The topological polar surface area (TPSA) is 137 Å². The molecule has 4 N–H and O–H groups in total. The fraction of sp³-hybridized carbons (Fsp3) is 0.229. The average Bonchev–Trinajstić information content (AvgIpc) is 3.43. The van der Waals surface area contributed by atoms with Gasteiger partial charge in [0.15, 0.2) is 0 Å². The number of nitrogens with zero attached hydrogens (tertiary/aromatic N) is 2. The van der Waals surface area contributed by atoms with Gasteiger partial charge in [-0.3, -0.25) is 14.7 Å². The smallest absolute Gasteiger partial charge is 0.416 e. The molecule has 2 amide bonds. The number of carbonyl (C=O) groups is 2. The molecule has 10 nitrogen and oxygen atoms in total. The molecule has 0 aliphatic carbocycles. The fourth-order valence-electron chi connectivity index (χ4n) is 5.54. The van der Waals surface area contributed by atoms with Crippen LogP contribution in [-0.2, 0) is 6.42 Å². The molecule has 0 saturated carbocycles. The van der Waals surface area contributed by atoms with Crippen molar-refractivity contribution in [2.45, 2.75) is 31.9 Å². The summed E-state index contributed by atoms with van der Waals surface area (Å²) in [6.07, 6.45) is 1.21. The van der Waals surface area contributed by atoms with Crippen molar-refractivity contribution in [2.24, 2.45) is 0 Å². The van der Waals surface area contributed by atoms with Gasteiger partial charge in [-0.2, -0.15) is 0 Å². The molecule has 6 rings (SSSR count). The number of rotatable bonds is 9. The molecule has 0 radical (unpaired) electrons. The summed E-state index contributed by atoms with van der Waals surface area (Å²) in [6.45, 7) is 2.73. The largest absolute Gasteiger partial charge is 0.508 e. The predicted octanol–water partition coefficient (Wildman–Crippen LogP) is 5.28. The van der Waals surface area contributed by atoms with Gasteiger partial charge in [0.2, 0.25) is 0 Å². The van der Waals surface area contributed by atoms with E-state index in [0.717, 1.165) is 33.3 Å². The number of phenolic OH excluding ortho intramolecular Hbond substituents is 1. The SMILES string of the molecule is Cc1ccc(OC(=O)N2CCc3c([nH]c4ccc(O)cc34)[C@@H]2c2ccc(OCCC(O)CNC(=O)c3ccccn3)cc2)cc1. The highest BCUT2D eigenvalue weighted by Crippen LogP contribution is 2.40. The van der Waals surface area contributed by atoms with Gasteiger partial charge in [0.1, 0.15) is 29.0 Å². The van der Waals surface area contributed by atoms with Crippen LogP contribution in [0.15, 0.2) is 91.1 Å². The summed E-state index contributed by atoms with van der Waals surface area (Å²) >= 11 is 0. The number of benzene rings is 3. The highest BCUT2D eigenvalue weighted by atomic mass is 16.6. The molecule has 3 heterocycles. The highest BCUT2D eigenvalue weighted by Gasteiger charge is 2.36. The summed E-state index contributed by atoms with van der Waals surface area (Å²) in [5.74, 6) is 0.915. The maximum absolute atomic E-state index is 13.5. The van der Waals surface area contributed by atoms with Crippen molar-refractivity contribution < 1.29 is 29.3 Å². The van der Waals surface area contributed by atoms with Crippen LogP contribution in [0.25, 0.3) is 10.9 Å². The summed E-state index contributed by atoms with van der Waals surface area (Å²) in [4.78, 5) is 34.9. The van der Waals surface area contributed by atoms with Crippen molar-refractivity contribution in [1.82, 2.24) is 20.2 Å². The van der Waals surface area contributed by atoms with Crippen molar-refractivity contribution >= 4 is 22.9 Å². The Morgan fingerprint density at radius 2 is 1.82 bits per heavy atom.